The maximum atomic E-state index is 6.76. The number of furan rings is 1. The number of nitrogens with zero attached hydrogens (tertiary/aromatic N) is 1. The van der Waals surface area contributed by atoms with E-state index in [1.807, 2.05) is 0 Å². The van der Waals surface area contributed by atoms with Crippen molar-refractivity contribution in [2.75, 3.05) is 0 Å². The largest absolute Gasteiger partial charge is 0.455 e. The third-order valence-corrected chi connectivity index (χ3v) is 7.23. The summed E-state index contributed by atoms with van der Waals surface area (Å²) in [6, 6.07) is 26.4. The molecule has 0 bridgehead atoms. The minimum Gasteiger partial charge on any atom is -0.455 e. The van der Waals surface area contributed by atoms with Crippen LogP contribution in [0.3, 0.4) is 0 Å². The van der Waals surface area contributed by atoms with Gasteiger partial charge in [0.15, 0.2) is 0 Å². The van der Waals surface area contributed by atoms with Gasteiger partial charge in [0.1, 0.15) is 11.2 Å². The van der Waals surface area contributed by atoms with Crippen molar-refractivity contribution in [3.63, 3.8) is 0 Å². The van der Waals surface area contributed by atoms with E-state index >= 15 is 0 Å². The minimum absolute atomic E-state index is 0.00554. The van der Waals surface area contributed by atoms with Crippen molar-refractivity contribution in [1.29, 1.82) is 0 Å². The quantitative estimate of drug-likeness (QED) is 0.257. The monoisotopic (exact) mass is 471 g/mol. The first kappa shape index (κ1) is 22.8. The molecule has 0 aliphatic rings. The number of pyridine rings is 1. The maximum absolute atomic E-state index is 6.76. The predicted molar refractivity (Wildman–Crippen MR) is 154 cm³/mol. The summed E-state index contributed by atoms with van der Waals surface area (Å²) in [5.41, 5.74) is 8.86. The van der Waals surface area contributed by atoms with E-state index < -0.39 is 0 Å². The first-order valence-electron chi connectivity index (χ1n) is 13.0. The second-order valence-electron chi connectivity index (χ2n) is 11.7. The highest BCUT2D eigenvalue weighted by Crippen LogP contribution is 2.43. The molecule has 0 saturated carbocycles. The molecule has 0 atom stereocenters. The number of aryl methyl sites for hydroxylation is 1. The van der Waals surface area contributed by atoms with Crippen LogP contribution in [0.4, 0.5) is 0 Å². The lowest BCUT2D eigenvalue weighted by Crippen LogP contribution is -2.12. The number of para-hydroxylation sites is 1. The number of benzene rings is 4. The summed E-state index contributed by atoms with van der Waals surface area (Å²) in [5, 5.41) is 5.89. The number of hydrogen-bond donors (Lipinski definition) is 0. The van der Waals surface area contributed by atoms with Crippen LogP contribution in [0.5, 0.6) is 0 Å². The molecule has 0 aliphatic carbocycles. The Morgan fingerprint density at radius 1 is 0.806 bits per heavy atom. The Kier molecular flexibility index (Phi) is 5.19. The van der Waals surface area contributed by atoms with Crippen molar-refractivity contribution in [3.8, 4) is 11.3 Å². The van der Waals surface area contributed by atoms with Gasteiger partial charge in [0.2, 0.25) is 0 Å². The molecule has 180 valence electrons. The smallest absolute Gasteiger partial charge is 0.147 e. The second-order valence-corrected chi connectivity index (χ2v) is 11.7. The van der Waals surface area contributed by atoms with Gasteiger partial charge in [0.25, 0.3) is 0 Å². The van der Waals surface area contributed by atoms with Gasteiger partial charge in [-0.1, -0.05) is 88.7 Å². The van der Waals surface area contributed by atoms with Crippen LogP contribution in [0.25, 0.3) is 54.9 Å². The molecule has 6 aromatic rings. The average molecular weight is 472 g/mol. The van der Waals surface area contributed by atoms with E-state index in [0.717, 1.165) is 50.5 Å². The molecule has 4 aromatic carbocycles. The van der Waals surface area contributed by atoms with E-state index in [1.165, 1.54) is 27.5 Å². The van der Waals surface area contributed by atoms with Crippen LogP contribution in [-0.2, 0) is 11.8 Å². The van der Waals surface area contributed by atoms with Crippen LogP contribution in [0.15, 0.2) is 77.2 Å². The maximum Gasteiger partial charge on any atom is 0.147 e. The minimum atomic E-state index is 0.00554. The summed E-state index contributed by atoms with van der Waals surface area (Å²) >= 11 is 0. The van der Waals surface area contributed by atoms with Crippen LogP contribution >= 0.6 is 0 Å². The molecule has 36 heavy (non-hydrogen) atoms. The van der Waals surface area contributed by atoms with E-state index in [0.29, 0.717) is 5.92 Å². The van der Waals surface area contributed by atoms with Gasteiger partial charge in [-0.15, -0.1) is 0 Å². The van der Waals surface area contributed by atoms with Crippen LogP contribution in [0.1, 0.15) is 51.3 Å². The highest BCUT2D eigenvalue weighted by Gasteiger charge is 2.23. The second kappa shape index (κ2) is 8.20. The topological polar surface area (TPSA) is 26.0 Å². The molecule has 0 radical (unpaired) electrons. The first-order chi connectivity index (χ1) is 17.2. The zero-order valence-electron chi connectivity index (χ0n) is 22.1. The lowest BCUT2D eigenvalue weighted by atomic mass is 9.82. The molecule has 0 fully saturated rings. The van der Waals surface area contributed by atoms with E-state index in [2.05, 4.69) is 114 Å². The molecule has 6 rings (SSSR count). The molecule has 2 heterocycles. The first-order valence-corrected chi connectivity index (χ1v) is 13.0. The van der Waals surface area contributed by atoms with Crippen molar-refractivity contribution in [1.82, 2.24) is 4.98 Å². The number of rotatable bonds is 3. The van der Waals surface area contributed by atoms with Crippen molar-refractivity contribution < 1.29 is 4.42 Å². The summed E-state index contributed by atoms with van der Waals surface area (Å²) in [7, 11) is 0. The normalized spacial score (nSPS) is 12.5. The zero-order chi connectivity index (χ0) is 25.2. The van der Waals surface area contributed by atoms with E-state index in [-0.39, 0.29) is 5.41 Å². The van der Waals surface area contributed by atoms with Crippen LogP contribution in [0, 0.1) is 12.8 Å². The lowest BCUT2D eigenvalue weighted by Gasteiger charge is -2.23. The highest BCUT2D eigenvalue weighted by atomic mass is 16.3. The summed E-state index contributed by atoms with van der Waals surface area (Å²) < 4.78 is 6.76. The highest BCUT2D eigenvalue weighted by molar-refractivity contribution is 6.20. The fraction of sp³-hybridized carbons (Fsp3) is 0.265. The number of hydrogen-bond acceptors (Lipinski definition) is 2. The Morgan fingerprint density at radius 3 is 2.36 bits per heavy atom. The van der Waals surface area contributed by atoms with Crippen molar-refractivity contribution >= 4 is 43.6 Å². The van der Waals surface area contributed by atoms with E-state index in [4.69, 9.17) is 9.40 Å². The summed E-state index contributed by atoms with van der Waals surface area (Å²) in [6.45, 7) is 13.5. The molecule has 0 amide bonds. The van der Waals surface area contributed by atoms with E-state index in [1.54, 1.807) is 0 Å². The Balaban J connectivity index is 1.78. The predicted octanol–water partition coefficient (Wildman–Crippen LogP) is 9.76. The number of fused-ring (bicyclic) bond motifs is 6. The fourth-order valence-corrected chi connectivity index (χ4v) is 5.59. The van der Waals surface area contributed by atoms with Crippen LogP contribution < -0.4 is 0 Å². The van der Waals surface area contributed by atoms with Crippen LogP contribution in [-0.4, -0.2) is 4.98 Å². The average Bonchev–Trinajstić information content (AvgIpc) is 3.23. The molecular weight excluding hydrogens is 438 g/mol. The van der Waals surface area contributed by atoms with Gasteiger partial charge in [-0.05, 0) is 70.8 Å². The Bertz CT molecular complexity index is 1780. The van der Waals surface area contributed by atoms with Crippen molar-refractivity contribution in [2.45, 2.75) is 53.4 Å². The molecule has 0 unspecified atom stereocenters. The molecular formula is C34H33NO. The van der Waals surface area contributed by atoms with Gasteiger partial charge in [-0.25, -0.2) is 4.98 Å². The van der Waals surface area contributed by atoms with Gasteiger partial charge in [-0.2, -0.15) is 0 Å². The molecule has 2 aromatic heterocycles. The fourth-order valence-electron chi connectivity index (χ4n) is 5.59. The Labute approximate surface area is 213 Å². The molecule has 2 nitrogen and oxygen atoms in total. The van der Waals surface area contributed by atoms with Crippen molar-refractivity contribution in [2.24, 2.45) is 5.92 Å². The summed E-state index contributed by atoms with van der Waals surface area (Å²) in [4.78, 5) is 5.30. The SMILES string of the molecule is Cc1ccc2nc(-c3cc(C(C)(C)C)c4ccccc4c3)c3c4cccc(CC(C)C)c4oc3c2c1. The van der Waals surface area contributed by atoms with Gasteiger partial charge in [0.05, 0.1) is 16.6 Å². The Hall–Kier alpha value is -3.65. The summed E-state index contributed by atoms with van der Waals surface area (Å²) in [6.07, 6.45) is 0.987. The van der Waals surface area contributed by atoms with Gasteiger partial charge >= 0.3 is 0 Å². The lowest BCUT2D eigenvalue weighted by molar-refractivity contribution is 0.596. The third kappa shape index (κ3) is 3.67. The standard InChI is InChI=1S/C34H33NO/c1-20(2)16-23-11-9-13-26-30-31(35-29-15-14-21(3)17-27(29)33(30)36-32(23)26)24-18-22-10-7-8-12-25(22)28(19-24)34(4,5)6/h7-15,17-20H,16H2,1-6H3. The van der Waals surface area contributed by atoms with Crippen molar-refractivity contribution in [3.05, 3.63) is 89.5 Å². The zero-order valence-corrected chi connectivity index (χ0v) is 22.1. The summed E-state index contributed by atoms with van der Waals surface area (Å²) in [5.74, 6) is 0.551. The molecule has 0 N–H and O–H groups in total. The van der Waals surface area contributed by atoms with Gasteiger partial charge < -0.3 is 4.42 Å². The molecule has 0 spiro atoms. The molecule has 0 saturated heterocycles. The van der Waals surface area contributed by atoms with Gasteiger partial charge in [0, 0.05) is 16.3 Å². The molecule has 0 aliphatic heterocycles. The Morgan fingerprint density at radius 2 is 1.58 bits per heavy atom. The van der Waals surface area contributed by atoms with E-state index in [9.17, 15) is 0 Å². The van der Waals surface area contributed by atoms with Crippen LogP contribution in [0.2, 0.25) is 0 Å². The van der Waals surface area contributed by atoms with Gasteiger partial charge in [-0.3, -0.25) is 0 Å². The third-order valence-electron chi connectivity index (χ3n) is 7.23. The molecule has 2 heteroatoms. The number of aromatic nitrogens is 1.